The molecule has 0 aromatic heterocycles. The first kappa shape index (κ1) is 12.3. The van der Waals surface area contributed by atoms with E-state index in [-0.39, 0.29) is 11.6 Å². The van der Waals surface area contributed by atoms with Crippen molar-refractivity contribution in [3.8, 4) is 11.8 Å². The average Bonchev–Trinajstić information content (AvgIpc) is 2.38. The van der Waals surface area contributed by atoms with Crippen LogP contribution in [0.15, 0.2) is 48.5 Å². The van der Waals surface area contributed by atoms with Crippen LogP contribution in [0.2, 0.25) is 5.02 Å². The maximum atomic E-state index is 12.7. The van der Waals surface area contributed by atoms with Gasteiger partial charge in [-0.1, -0.05) is 29.7 Å². The molecule has 0 fully saturated rings. The predicted octanol–water partition coefficient (Wildman–Crippen LogP) is 3.71. The Labute approximate surface area is 109 Å². The summed E-state index contributed by atoms with van der Waals surface area (Å²) in [7, 11) is 0. The number of carbonyl (C=O) groups is 1. The van der Waals surface area contributed by atoms with Gasteiger partial charge in [0.2, 0.25) is 5.78 Å². The maximum Gasteiger partial charge on any atom is 0.237 e. The van der Waals surface area contributed by atoms with E-state index in [0.717, 1.165) is 0 Å². The highest BCUT2D eigenvalue weighted by Gasteiger charge is 2.05. The van der Waals surface area contributed by atoms with Crippen molar-refractivity contribution in [3.63, 3.8) is 0 Å². The second-order valence-corrected chi connectivity index (χ2v) is 3.97. The Bertz CT molecular complexity index is 636. The number of benzene rings is 2. The zero-order valence-electron chi connectivity index (χ0n) is 9.28. The van der Waals surface area contributed by atoms with Gasteiger partial charge < -0.3 is 0 Å². The van der Waals surface area contributed by atoms with Crippen LogP contribution in [-0.2, 0) is 0 Å². The molecule has 88 valence electrons. The van der Waals surface area contributed by atoms with Crippen LogP contribution in [0.25, 0.3) is 0 Å². The Hall–Kier alpha value is -2.11. The van der Waals surface area contributed by atoms with Crippen molar-refractivity contribution in [3.05, 3.63) is 70.5 Å². The minimum absolute atomic E-state index is 0.335. The predicted molar refractivity (Wildman–Crippen MR) is 69.1 cm³/mol. The van der Waals surface area contributed by atoms with Gasteiger partial charge in [-0.05, 0) is 42.3 Å². The first-order valence-electron chi connectivity index (χ1n) is 5.23. The van der Waals surface area contributed by atoms with Crippen LogP contribution in [0.5, 0.6) is 0 Å². The number of hydrogen-bond acceptors (Lipinski definition) is 1. The van der Waals surface area contributed by atoms with Crippen molar-refractivity contribution >= 4 is 17.4 Å². The molecule has 0 amide bonds. The van der Waals surface area contributed by atoms with Gasteiger partial charge in [-0.2, -0.15) is 0 Å². The molecule has 1 nitrogen and oxygen atoms in total. The SMILES string of the molecule is O=C(C#Cc1ccc(F)cc1)c1ccccc1Cl. The van der Waals surface area contributed by atoms with E-state index in [9.17, 15) is 9.18 Å². The number of rotatable bonds is 1. The number of carbonyl (C=O) groups excluding carboxylic acids is 1. The molecule has 2 rings (SSSR count). The van der Waals surface area contributed by atoms with Gasteiger partial charge in [0.1, 0.15) is 5.82 Å². The fourth-order valence-corrected chi connectivity index (χ4v) is 1.60. The molecule has 18 heavy (non-hydrogen) atoms. The summed E-state index contributed by atoms with van der Waals surface area (Å²) < 4.78 is 12.7. The lowest BCUT2D eigenvalue weighted by Crippen LogP contribution is -1.95. The lowest BCUT2D eigenvalue weighted by molar-refractivity contribution is 0.105. The van der Waals surface area contributed by atoms with E-state index >= 15 is 0 Å². The maximum absolute atomic E-state index is 12.7. The third-order valence-corrected chi connectivity index (χ3v) is 2.61. The number of hydrogen-bond donors (Lipinski definition) is 0. The summed E-state index contributed by atoms with van der Waals surface area (Å²) in [6.45, 7) is 0. The molecule has 0 atom stereocenters. The zero-order valence-corrected chi connectivity index (χ0v) is 10.0. The Kier molecular flexibility index (Phi) is 3.76. The van der Waals surface area contributed by atoms with E-state index in [0.29, 0.717) is 16.1 Å². The molecule has 0 unspecified atom stereocenters. The van der Waals surface area contributed by atoms with Gasteiger partial charge in [0, 0.05) is 11.1 Å². The van der Waals surface area contributed by atoms with Gasteiger partial charge in [0.05, 0.1) is 5.02 Å². The van der Waals surface area contributed by atoms with Crippen LogP contribution in [0.1, 0.15) is 15.9 Å². The summed E-state index contributed by atoms with van der Waals surface area (Å²) >= 11 is 5.88. The number of ketones is 1. The Morgan fingerprint density at radius 1 is 1.06 bits per heavy atom. The third-order valence-electron chi connectivity index (χ3n) is 2.28. The summed E-state index contributed by atoms with van der Waals surface area (Å²) in [6, 6.07) is 12.3. The normalized spacial score (nSPS) is 9.44. The summed E-state index contributed by atoms with van der Waals surface area (Å²) in [5, 5.41) is 0.371. The second-order valence-electron chi connectivity index (χ2n) is 3.57. The number of Topliss-reactive ketones (excluding diaryl/α,β-unsaturated/α-hetero) is 1. The van der Waals surface area contributed by atoms with Crippen molar-refractivity contribution in [2.75, 3.05) is 0 Å². The van der Waals surface area contributed by atoms with Crippen molar-refractivity contribution in [2.24, 2.45) is 0 Å². The molecule has 0 aliphatic carbocycles. The molecular formula is C15H8ClFO. The van der Waals surface area contributed by atoms with Gasteiger partial charge >= 0.3 is 0 Å². The molecule has 2 aromatic rings. The van der Waals surface area contributed by atoms with Gasteiger partial charge in [-0.25, -0.2) is 4.39 Å². The molecule has 2 aromatic carbocycles. The van der Waals surface area contributed by atoms with Crippen LogP contribution in [0.4, 0.5) is 4.39 Å². The monoisotopic (exact) mass is 258 g/mol. The lowest BCUT2D eigenvalue weighted by atomic mass is 10.1. The van der Waals surface area contributed by atoms with Crippen LogP contribution in [0, 0.1) is 17.7 Å². The molecule has 0 aliphatic rings. The van der Waals surface area contributed by atoms with Crippen LogP contribution >= 0.6 is 11.6 Å². The topological polar surface area (TPSA) is 17.1 Å². The Morgan fingerprint density at radius 2 is 1.72 bits per heavy atom. The smallest absolute Gasteiger partial charge is 0.237 e. The molecule has 0 radical (unpaired) electrons. The summed E-state index contributed by atoms with van der Waals surface area (Å²) in [4.78, 5) is 11.8. The van der Waals surface area contributed by atoms with E-state index in [1.807, 2.05) is 0 Å². The largest absolute Gasteiger partial charge is 0.279 e. The second kappa shape index (κ2) is 5.48. The van der Waals surface area contributed by atoms with Gasteiger partial charge in [-0.3, -0.25) is 4.79 Å². The molecule has 0 aliphatic heterocycles. The average molecular weight is 259 g/mol. The molecular weight excluding hydrogens is 251 g/mol. The lowest BCUT2D eigenvalue weighted by Gasteiger charge is -1.96. The van der Waals surface area contributed by atoms with Crippen molar-refractivity contribution in [1.29, 1.82) is 0 Å². The first-order chi connectivity index (χ1) is 8.66. The summed E-state index contributed by atoms with van der Waals surface area (Å²) in [5.74, 6) is 4.46. The molecule has 0 saturated carbocycles. The van der Waals surface area contributed by atoms with E-state index < -0.39 is 0 Å². The summed E-state index contributed by atoms with van der Waals surface area (Å²) in [6.07, 6.45) is 0. The van der Waals surface area contributed by atoms with E-state index in [1.165, 1.54) is 24.3 Å². The highest BCUT2D eigenvalue weighted by atomic mass is 35.5. The summed E-state index contributed by atoms with van der Waals surface area (Å²) in [5.41, 5.74) is 0.950. The van der Waals surface area contributed by atoms with Crippen LogP contribution in [-0.4, -0.2) is 5.78 Å². The van der Waals surface area contributed by atoms with Crippen molar-refractivity contribution in [2.45, 2.75) is 0 Å². The van der Waals surface area contributed by atoms with Crippen molar-refractivity contribution in [1.82, 2.24) is 0 Å². The minimum Gasteiger partial charge on any atom is -0.279 e. The van der Waals surface area contributed by atoms with E-state index in [2.05, 4.69) is 11.8 Å². The molecule has 0 spiro atoms. The molecule has 0 N–H and O–H groups in total. The highest BCUT2D eigenvalue weighted by Crippen LogP contribution is 2.15. The highest BCUT2D eigenvalue weighted by molar-refractivity contribution is 6.35. The van der Waals surface area contributed by atoms with E-state index in [4.69, 9.17) is 11.6 Å². The Balaban J connectivity index is 2.23. The van der Waals surface area contributed by atoms with Gasteiger partial charge in [0.15, 0.2) is 0 Å². The molecule has 0 bridgehead atoms. The Morgan fingerprint density at radius 3 is 2.39 bits per heavy atom. The van der Waals surface area contributed by atoms with Crippen LogP contribution in [0.3, 0.4) is 0 Å². The van der Waals surface area contributed by atoms with Gasteiger partial charge in [-0.15, -0.1) is 0 Å². The molecule has 0 heterocycles. The zero-order chi connectivity index (χ0) is 13.0. The van der Waals surface area contributed by atoms with Crippen molar-refractivity contribution < 1.29 is 9.18 Å². The minimum atomic E-state index is -0.357. The third kappa shape index (κ3) is 2.97. The fourth-order valence-electron chi connectivity index (χ4n) is 1.37. The van der Waals surface area contributed by atoms with Gasteiger partial charge in [0.25, 0.3) is 0 Å². The number of halogens is 2. The van der Waals surface area contributed by atoms with Crippen LogP contribution < -0.4 is 0 Å². The fraction of sp³-hybridized carbons (Fsp3) is 0. The molecule has 0 saturated heterocycles. The van der Waals surface area contributed by atoms with E-state index in [1.54, 1.807) is 24.3 Å². The molecule has 3 heteroatoms. The standard InChI is InChI=1S/C15H8ClFO/c16-14-4-2-1-3-13(14)15(18)10-7-11-5-8-12(17)9-6-11/h1-6,8-9H. The first-order valence-corrected chi connectivity index (χ1v) is 5.61. The quantitative estimate of drug-likeness (QED) is 0.563.